The maximum absolute atomic E-state index is 12.9. The van der Waals surface area contributed by atoms with Gasteiger partial charge in [0.2, 0.25) is 5.91 Å². The molecular formula is C24H19ClF2N2O3S. The topological polar surface area (TPSA) is 58.6 Å². The smallest absolute Gasteiger partial charge is 0.387 e. The summed E-state index contributed by atoms with van der Waals surface area (Å²) in [5, 5.41) is 2.65. The molecule has 0 saturated heterocycles. The van der Waals surface area contributed by atoms with E-state index in [-0.39, 0.29) is 22.4 Å². The highest BCUT2D eigenvalue weighted by Crippen LogP contribution is 2.31. The van der Waals surface area contributed by atoms with Crippen LogP contribution in [0.4, 0.5) is 20.2 Å². The minimum absolute atomic E-state index is 0.0263. The van der Waals surface area contributed by atoms with E-state index in [4.69, 9.17) is 11.6 Å². The lowest BCUT2D eigenvalue weighted by Gasteiger charge is -2.17. The van der Waals surface area contributed by atoms with Crippen molar-refractivity contribution in [2.75, 3.05) is 22.5 Å². The van der Waals surface area contributed by atoms with Crippen molar-refractivity contribution in [2.24, 2.45) is 0 Å². The molecule has 0 fully saturated rings. The number of nitrogens with one attached hydrogen (secondary N) is 1. The highest BCUT2D eigenvalue weighted by molar-refractivity contribution is 8.00. The van der Waals surface area contributed by atoms with Gasteiger partial charge in [0.25, 0.3) is 5.91 Å². The minimum atomic E-state index is -3.00. The first kappa shape index (κ1) is 23.1. The molecular weight excluding hydrogens is 470 g/mol. The van der Waals surface area contributed by atoms with Crippen LogP contribution >= 0.6 is 23.4 Å². The van der Waals surface area contributed by atoms with Crippen LogP contribution in [-0.2, 0) is 11.2 Å². The Labute approximate surface area is 198 Å². The van der Waals surface area contributed by atoms with E-state index in [9.17, 15) is 18.4 Å². The molecule has 0 atom stereocenters. The first-order valence-electron chi connectivity index (χ1n) is 10.1. The van der Waals surface area contributed by atoms with E-state index in [0.29, 0.717) is 22.7 Å². The number of thioether (sulfide) groups is 1. The fourth-order valence-electron chi connectivity index (χ4n) is 3.56. The minimum Gasteiger partial charge on any atom is -0.433 e. The number of amides is 2. The van der Waals surface area contributed by atoms with Gasteiger partial charge in [-0.1, -0.05) is 41.9 Å². The summed E-state index contributed by atoms with van der Waals surface area (Å²) in [7, 11) is 0. The highest BCUT2D eigenvalue weighted by Gasteiger charge is 2.24. The Morgan fingerprint density at radius 3 is 2.64 bits per heavy atom. The first-order chi connectivity index (χ1) is 15.9. The number of hydrogen-bond donors (Lipinski definition) is 1. The first-order valence-corrected chi connectivity index (χ1v) is 11.4. The number of nitrogens with zero attached hydrogens (tertiary/aromatic N) is 1. The average molecular weight is 489 g/mol. The molecule has 33 heavy (non-hydrogen) atoms. The lowest BCUT2D eigenvalue weighted by molar-refractivity contribution is -0.116. The van der Waals surface area contributed by atoms with Crippen molar-refractivity contribution in [3.05, 3.63) is 82.9 Å². The Bertz CT molecular complexity index is 1190. The van der Waals surface area contributed by atoms with Crippen LogP contribution < -0.4 is 15.0 Å². The molecule has 4 rings (SSSR count). The second-order valence-corrected chi connectivity index (χ2v) is 8.61. The summed E-state index contributed by atoms with van der Waals surface area (Å²) in [6.45, 7) is -2.35. The van der Waals surface area contributed by atoms with Crippen LogP contribution in [0.15, 0.2) is 71.6 Å². The van der Waals surface area contributed by atoms with Crippen LogP contribution in [0, 0.1) is 0 Å². The number of ether oxygens (including phenoxy) is 1. The zero-order valence-corrected chi connectivity index (χ0v) is 18.8. The van der Waals surface area contributed by atoms with Crippen LogP contribution in [0.5, 0.6) is 5.75 Å². The SMILES string of the molecule is O=C(Nc1ccc(OC(F)F)c(Cl)c1)c1ccccc1SCC(=O)N1CCc2ccccc21. The molecule has 9 heteroatoms. The molecule has 0 saturated carbocycles. The van der Waals surface area contributed by atoms with Gasteiger partial charge in [-0.3, -0.25) is 9.59 Å². The van der Waals surface area contributed by atoms with E-state index in [1.54, 1.807) is 29.2 Å². The number of para-hydroxylation sites is 1. The summed E-state index contributed by atoms with van der Waals surface area (Å²) in [6.07, 6.45) is 0.829. The highest BCUT2D eigenvalue weighted by atomic mass is 35.5. The third-order valence-corrected chi connectivity index (χ3v) is 6.43. The summed E-state index contributed by atoms with van der Waals surface area (Å²) in [4.78, 5) is 28.1. The molecule has 0 aliphatic carbocycles. The molecule has 3 aromatic rings. The van der Waals surface area contributed by atoms with Crippen molar-refractivity contribution in [1.29, 1.82) is 0 Å². The molecule has 170 valence electrons. The number of carbonyl (C=O) groups is 2. The fraction of sp³-hybridized carbons (Fsp3) is 0.167. The Hall–Kier alpha value is -3.10. The molecule has 1 N–H and O–H groups in total. The predicted molar refractivity (Wildman–Crippen MR) is 126 cm³/mol. The van der Waals surface area contributed by atoms with E-state index < -0.39 is 12.5 Å². The Morgan fingerprint density at radius 2 is 1.85 bits per heavy atom. The van der Waals surface area contributed by atoms with Crippen molar-refractivity contribution in [1.82, 2.24) is 0 Å². The number of halogens is 3. The number of hydrogen-bond acceptors (Lipinski definition) is 4. The molecule has 3 aromatic carbocycles. The number of alkyl halides is 2. The molecule has 1 aliphatic rings. The molecule has 5 nitrogen and oxygen atoms in total. The zero-order valence-electron chi connectivity index (χ0n) is 17.3. The van der Waals surface area contributed by atoms with Crippen molar-refractivity contribution < 1.29 is 23.1 Å². The zero-order chi connectivity index (χ0) is 23.4. The van der Waals surface area contributed by atoms with Gasteiger partial charge in [0.15, 0.2) is 0 Å². The quantitative estimate of drug-likeness (QED) is 0.422. The summed E-state index contributed by atoms with van der Waals surface area (Å²) >= 11 is 7.25. The van der Waals surface area contributed by atoms with Crippen LogP contribution in [0.1, 0.15) is 15.9 Å². The summed E-state index contributed by atoms with van der Waals surface area (Å²) in [6, 6.07) is 18.8. The Balaban J connectivity index is 1.43. The van der Waals surface area contributed by atoms with Gasteiger partial charge >= 0.3 is 6.61 Å². The monoisotopic (exact) mass is 488 g/mol. The Morgan fingerprint density at radius 1 is 1.09 bits per heavy atom. The summed E-state index contributed by atoms with van der Waals surface area (Å²) in [5.74, 6) is -0.427. The molecule has 0 aromatic heterocycles. The molecule has 0 spiro atoms. The second-order valence-electron chi connectivity index (χ2n) is 7.19. The third-order valence-electron chi connectivity index (χ3n) is 5.08. The van der Waals surface area contributed by atoms with Gasteiger partial charge in [0, 0.05) is 22.8 Å². The molecule has 2 amide bonds. The second kappa shape index (κ2) is 10.2. The molecule has 0 bridgehead atoms. The number of carbonyl (C=O) groups excluding carboxylic acids is 2. The van der Waals surface area contributed by atoms with Gasteiger partial charge in [-0.2, -0.15) is 8.78 Å². The van der Waals surface area contributed by atoms with E-state index in [0.717, 1.165) is 17.7 Å². The number of anilines is 2. The summed E-state index contributed by atoms with van der Waals surface area (Å²) < 4.78 is 29.1. The fourth-order valence-corrected chi connectivity index (χ4v) is 4.71. The number of fused-ring (bicyclic) bond motifs is 1. The van der Waals surface area contributed by atoms with Gasteiger partial charge in [-0.25, -0.2) is 0 Å². The third kappa shape index (κ3) is 5.46. The molecule has 1 heterocycles. The standard InChI is InChI=1S/C24H19ClF2N2O3S/c25-18-13-16(9-10-20(18)32-24(26)27)28-23(31)17-6-2-4-8-21(17)33-14-22(30)29-12-11-15-5-1-3-7-19(15)29/h1-10,13,24H,11-12,14H2,(H,28,31). The lowest BCUT2D eigenvalue weighted by Crippen LogP contribution is -2.30. The van der Waals surface area contributed by atoms with E-state index >= 15 is 0 Å². The van der Waals surface area contributed by atoms with Gasteiger partial charge in [-0.15, -0.1) is 11.8 Å². The largest absolute Gasteiger partial charge is 0.433 e. The van der Waals surface area contributed by atoms with Gasteiger partial charge in [0.1, 0.15) is 5.75 Å². The molecule has 0 radical (unpaired) electrons. The Kier molecular flexibility index (Phi) is 7.15. The van der Waals surface area contributed by atoms with Crippen LogP contribution in [0.3, 0.4) is 0 Å². The van der Waals surface area contributed by atoms with Crippen molar-refractivity contribution in [3.63, 3.8) is 0 Å². The average Bonchev–Trinajstić information content (AvgIpc) is 3.23. The summed E-state index contributed by atoms with van der Waals surface area (Å²) in [5.41, 5.74) is 2.81. The van der Waals surface area contributed by atoms with Crippen LogP contribution in [0.2, 0.25) is 5.02 Å². The lowest BCUT2D eigenvalue weighted by atomic mass is 10.2. The molecule has 1 aliphatic heterocycles. The van der Waals surface area contributed by atoms with Crippen molar-refractivity contribution in [3.8, 4) is 5.75 Å². The molecule has 0 unspecified atom stereocenters. The van der Waals surface area contributed by atoms with E-state index in [2.05, 4.69) is 10.1 Å². The predicted octanol–water partition coefficient (Wildman–Crippen LogP) is 5.88. The number of rotatable bonds is 7. The van der Waals surface area contributed by atoms with Crippen molar-refractivity contribution in [2.45, 2.75) is 17.9 Å². The van der Waals surface area contributed by atoms with Crippen molar-refractivity contribution >= 4 is 46.6 Å². The number of benzene rings is 3. The normalized spacial score (nSPS) is 12.5. The van der Waals surface area contributed by atoms with Gasteiger partial charge in [-0.05, 0) is 48.4 Å². The van der Waals surface area contributed by atoms with Crippen LogP contribution in [0.25, 0.3) is 0 Å². The van der Waals surface area contributed by atoms with Gasteiger partial charge < -0.3 is 15.0 Å². The van der Waals surface area contributed by atoms with E-state index in [1.165, 1.54) is 30.0 Å². The maximum Gasteiger partial charge on any atom is 0.387 e. The van der Waals surface area contributed by atoms with E-state index in [1.807, 2.05) is 24.3 Å². The maximum atomic E-state index is 12.9. The van der Waals surface area contributed by atoms with Gasteiger partial charge in [0.05, 0.1) is 16.3 Å². The van der Waals surface area contributed by atoms with Crippen LogP contribution in [-0.4, -0.2) is 30.7 Å².